The van der Waals surface area contributed by atoms with Gasteiger partial charge in [0, 0.05) is 37.6 Å². The van der Waals surface area contributed by atoms with Gasteiger partial charge in [-0.05, 0) is 30.2 Å². The summed E-state index contributed by atoms with van der Waals surface area (Å²) in [5.74, 6) is -0.270. The molecule has 3 rings (SSSR count). The van der Waals surface area contributed by atoms with Crippen LogP contribution in [0.1, 0.15) is 21.5 Å². The summed E-state index contributed by atoms with van der Waals surface area (Å²) < 4.78 is 1.55. The Kier molecular flexibility index (Phi) is 4.79. The fourth-order valence-corrected chi connectivity index (χ4v) is 2.76. The molecule has 0 N–H and O–H groups in total. The van der Waals surface area contributed by atoms with E-state index in [1.165, 1.54) is 12.4 Å². The second kappa shape index (κ2) is 7.18. The van der Waals surface area contributed by atoms with Crippen LogP contribution in [0.5, 0.6) is 0 Å². The second-order valence-electron chi connectivity index (χ2n) is 6.02. The molecule has 0 bridgehead atoms. The fraction of sp³-hybridized carbons (Fsp3) is 0.158. The van der Waals surface area contributed by atoms with Crippen LogP contribution in [-0.2, 0) is 6.54 Å². The number of hydrogen-bond donors (Lipinski definition) is 0. The number of amides is 1. The molecular formula is C19H18N4O3. The van der Waals surface area contributed by atoms with E-state index < -0.39 is 4.92 Å². The van der Waals surface area contributed by atoms with Gasteiger partial charge >= 0.3 is 0 Å². The normalized spacial score (nSPS) is 10.5. The molecule has 0 fully saturated rings. The van der Waals surface area contributed by atoms with Gasteiger partial charge in [0.05, 0.1) is 11.3 Å². The lowest BCUT2D eigenvalue weighted by atomic mass is 10.1. The summed E-state index contributed by atoms with van der Waals surface area (Å²) in [4.78, 5) is 29.1. The number of imidazole rings is 1. The Morgan fingerprint density at radius 2 is 2.04 bits per heavy atom. The smallest absolute Gasteiger partial charge is 0.294 e. The van der Waals surface area contributed by atoms with Crippen LogP contribution in [0.25, 0.3) is 5.69 Å². The first-order chi connectivity index (χ1) is 12.5. The highest BCUT2D eigenvalue weighted by molar-refractivity contribution is 5.95. The molecule has 3 aromatic rings. The minimum absolute atomic E-state index is 0.141. The lowest BCUT2D eigenvalue weighted by Gasteiger charge is -2.19. The summed E-state index contributed by atoms with van der Waals surface area (Å²) >= 11 is 0. The molecule has 0 aliphatic rings. The standard InChI is InChI=1S/C19H18N4O3/c1-14-5-3-4-6-16(14)12-21(2)19(24)15-7-8-17(18(11-15)23(25)26)22-10-9-20-13-22/h3-11,13H,12H2,1-2H3. The number of carbonyl (C=O) groups excluding carboxylic acids is 1. The third-order valence-corrected chi connectivity index (χ3v) is 4.22. The van der Waals surface area contributed by atoms with Crippen LogP contribution in [-0.4, -0.2) is 32.3 Å². The molecule has 2 aromatic carbocycles. The summed E-state index contributed by atoms with van der Waals surface area (Å²) in [5, 5.41) is 11.4. The Balaban J connectivity index is 1.89. The minimum Gasteiger partial charge on any atom is -0.337 e. The molecule has 132 valence electrons. The quantitative estimate of drug-likeness (QED) is 0.522. The maximum Gasteiger partial charge on any atom is 0.294 e. The van der Waals surface area contributed by atoms with Crippen molar-refractivity contribution in [1.29, 1.82) is 0 Å². The van der Waals surface area contributed by atoms with Gasteiger partial charge in [-0.15, -0.1) is 0 Å². The van der Waals surface area contributed by atoms with Crippen LogP contribution in [0.15, 0.2) is 61.2 Å². The summed E-state index contributed by atoms with van der Waals surface area (Å²) in [6, 6.07) is 12.3. The van der Waals surface area contributed by atoms with Crippen LogP contribution in [0.3, 0.4) is 0 Å². The van der Waals surface area contributed by atoms with Crippen molar-refractivity contribution in [3.63, 3.8) is 0 Å². The van der Waals surface area contributed by atoms with Gasteiger partial charge in [-0.1, -0.05) is 24.3 Å². The summed E-state index contributed by atoms with van der Waals surface area (Å²) in [7, 11) is 1.68. The molecular weight excluding hydrogens is 332 g/mol. The molecule has 1 amide bonds. The molecule has 1 aromatic heterocycles. The number of aromatic nitrogens is 2. The summed E-state index contributed by atoms with van der Waals surface area (Å²) in [6.07, 6.45) is 4.64. The molecule has 0 aliphatic carbocycles. The van der Waals surface area contributed by atoms with Gasteiger partial charge in [0.25, 0.3) is 11.6 Å². The van der Waals surface area contributed by atoms with Crippen molar-refractivity contribution < 1.29 is 9.72 Å². The average molecular weight is 350 g/mol. The van der Waals surface area contributed by atoms with E-state index in [4.69, 9.17) is 0 Å². The lowest BCUT2D eigenvalue weighted by Crippen LogP contribution is -2.26. The van der Waals surface area contributed by atoms with Gasteiger partial charge in [0.1, 0.15) is 5.69 Å². The van der Waals surface area contributed by atoms with Crippen molar-refractivity contribution in [2.24, 2.45) is 0 Å². The van der Waals surface area contributed by atoms with Gasteiger partial charge in [-0.25, -0.2) is 4.98 Å². The van der Waals surface area contributed by atoms with Crippen molar-refractivity contribution in [2.75, 3.05) is 7.05 Å². The van der Waals surface area contributed by atoms with E-state index >= 15 is 0 Å². The maximum absolute atomic E-state index is 12.7. The summed E-state index contributed by atoms with van der Waals surface area (Å²) in [6.45, 7) is 2.42. The van der Waals surface area contributed by atoms with Crippen LogP contribution < -0.4 is 0 Å². The van der Waals surface area contributed by atoms with E-state index in [-0.39, 0.29) is 17.2 Å². The molecule has 7 heteroatoms. The van der Waals surface area contributed by atoms with Crippen LogP contribution in [0, 0.1) is 17.0 Å². The van der Waals surface area contributed by atoms with Gasteiger partial charge in [-0.2, -0.15) is 0 Å². The summed E-state index contributed by atoms with van der Waals surface area (Å²) in [5.41, 5.74) is 2.63. The Hall–Kier alpha value is -3.48. The number of hydrogen-bond acceptors (Lipinski definition) is 4. The molecule has 7 nitrogen and oxygen atoms in total. The van der Waals surface area contributed by atoms with E-state index in [1.54, 1.807) is 41.0 Å². The van der Waals surface area contributed by atoms with E-state index in [0.717, 1.165) is 11.1 Å². The number of nitro benzene ring substituents is 1. The topological polar surface area (TPSA) is 81.3 Å². The molecule has 0 spiro atoms. The average Bonchev–Trinajstić information content (AvgIpc) is 3.17. The fourth-order valence-electron chi connectivity index (χ4n) is 2.76. The number of nitrogens with zero attached hydrogens (tertiary/aromatic N) is 4. The molecule has 26 heavy (non-hydrogen) atoms. The predicted molar refractivity (Wildman–Crippen MR) is 97.2 cm³/mol. The van der Waals surface area contributed by atoms with E-state index in [2.05, 4.69) is 4.98 Å². The molecule has 1 heterocycles. The zero-order valence-corrected chi connectivity index (χ0v) is 14.5. The third-order valence-electron chi connectivity index (χ3n) is 4.22. The van der Waals surface area contributed by atoms with Crippen LogP contribution in [0.4, 0.5) is 5.69 Å². The molecule has 0 radical (unpaired) electrons. The first-order valence-electron chi connectivity index (χ1n) is 8.04. The van der Waals surface area contributed by atoms with Crippen molar-refractivity contribution in [3.05, 3.63) is 88.0 Å². The van der Waals surface area contributed by atoms with Gasteiger partial charge < -0.3 is 9.47 Å². The SMILES string of the molecule is Cc1ccccc1CN(C)C(=O)c1ccc(-n2ccnc2)c([N+](=O)[O-])c1. The van der Waals surface area contributed by atoms with Gasteiger partial charge in [0.2, 0.25) is 0 Å². The predicted octanol–water partition coefficient (Wildman–Crippen LogP) is 3.36. The van der Waals surface area contributed by atoms with E-state index in [9.17, 15) is 14.9 Å². The van der Waals surface area contributed by atoms with Gasteiger partial charge in [-0.3, -0.25) is 14.9 Å². The van der Waals surface area contributed by atoms with Crippen LogP contribution >= 0.6 is 0 Å². The van der Waals surface area contributed by atoms with Crippen molar-refractivity contribution in [1.82, 2.24) is 14.5 Å². The number of aryl methyl sites for hydroxylation is 1. The zero-order valence-electron chi connectivity index (χ0n) is 14.5. The van der Waals surface area contributed by atoms with Crippen molar-refractivity contribution in [2.45, 2.75) is 13.5 Å². The van der Waals surface area contributed by atoms with Crippen molar-refractivity contribution in [3.8, 4) is 5.69 Å². The first kappa shape index (κ1) is 17.3. The highest BCUT2D eigenvalue weighted by Crippen LogP contribution is 2.25. The van der Waals surface area contributed by atoms with E-state index in [0.29, 0.717) is 12.2 Å². The van der Waals surface area contributed by atoms with E-state index in [1.807, 2.05) is 31.2 Å². The Bertz CT molecular complexity index is 951. The minimum atomic E-state index is -0.493. The Morgan fingerprint density at radius 1 is 1.27 bits per heavy atom. The molecule has 0 unspecified atom stereocenters. The lowest BCUT2D eigenvalue weighted by molar-refractivity contribution is -0.384. The second-order valence-corrected chi connectivity index (χ2v) is 6.02. The maximum atomic E-state index is 12.7. The monoisotopic (exact) mass is 350 g/mol. The Morgan fingerprint density at radius 3 is 2.69 bits per heavy atom. The molecule has 0 aliphatic heterocycles. The largest absolute Gasteiger partial charge is 0.337 e. The highest BCUT2D eigenvalue weighted by atomic mass is 16.6. The highest BCUT2D eigenvalue weighted by Gasteiger charge is 2.20. The number of benzene rings is 2. The van der Waals surface area contributed by atoms with Gasteiger partial charge in [0.15, 0.2) is 0 Å². The number of carbonyl (C=O) groups is 1. The third kappa shape index (κ3) is 3.46. The number of rotatable bonds is 5. The first-order valence-corrected chi connectivity index (χ1v) is 8.04. The number of nitro groups is 1. The zero-order chi connectivity index (χ0) is 18.7. The molecule has 0 saturated carbocycles. The Labute approximate surface area is 150 Å². The molecule has 0 saturated heterocycles. The van der Waals surface area contributed by atoms with Crippen molar-refractivity contribution >= 4 is 11.6 Å². The molecule has 0 atom stereocenters. The van der Waals surface area contributed by atoms with Crippen LogP contribution in [0.2, 0.25) is 0 Å².